The van der Waals surface area contributed by atoms with Crippen molar-refractivity contribution in [3.05, 3.63) is 54.2 Å². The Labute approximate surface area is 151 Å². The number of nitrogens with one attached hydrogen (secondary N) is 1. The van der Waals surface area contributed by atoms with Crippen molar-refractivity contribution in [1.82, 2.24) is 15.0 Å². The highest BCUT2D eigenvalue weighted by Crippen LogP contribution is 2.30. The molecule has 6 heteroatoms. The maximum absolute atomic E-state index is 6.13. The lowest BCUT2D eigenvalue weighted by molar-refractivity contribution is 0.204. The van der Waals surface area contributed by atoms with E-state index in [-0.39, 0.29) is 0 Å². The topological polar surface area (TPSA) is 72.3 Å². The molecule has 6 nitrogen and oxygen atoms in total. The molecule has 0 bridgehead atoms. The molecule has 0 radical (unpaired) electrons. The van der Waals surface area contributed by atoms with Crippen molar-refractivity contribution in [2.45, 2.75) is 38.3 Å². The molecule has 1 fully saturated rings. The number of aromatic nitrogens is 3. The first-order valence-electron chi connectivity index (χ1n) is 9.04. The predicted molar refractivity (Wildman–Crippen MR) is 101 cm³/mol. The maximum Gasteiger partial charge on any atom is 0.221 e. The van der Waals surface area contributed by atoms with Crippen LogP contribution < -0.4 is 10.1 Å². The molecular weight excluding hydrogens is 326 g/mol. The molecule has 0 amide bonds. The fourth-order valence-corrected chi connectivity index (χ4v) is 3.63. The minimum atomic E-state index is 0.300. The van der Waals surface area contributed by atoms with Crippen LogP contribution in [0.25, 0.3) is 10.8 Å². The minimum absolute atomic E-state index is 0.300. The fourth-order valence-electron chi connectivity index (χ4n) is 3.63. The third kappa shape index (κ3) is 2.77. The number of hydrogen-bond acceptors (Lipinski definition) is 6. The standard InChI is InChI=1S/C20H19N5O/c1-2-4-15(3-1)26-20-16-6-5-14(11-13(16)7-8-23-20)25-19-18-17(12-24-19)21-9-10-22-18/h5-11,15H,1-4,12H2,(H,24,25). The second kappa shape index (κ2) is 6.37. The van der Waals surface area contributed by atoms with Crippen LogP contribution in [0.3, 0.4) is 0 Å². The van der Waals surface area contributed by atoms with Crippen molar-refractivity contribution < 1.29 is 4.74 Å². The van der Waals surface area contributed by atoms with E-state index in [2.05, 4.69) is 37.4 Å². The lowest BCUT2D eigenvalue weighted by Crippen LogP contribution is -2.14. The molecule has 2 aliphatic rings. The summed E-state index contributed by atoms with van der Waals surface area (Å²) < 4.78 is 6.13. The number of benzene rings is 1. The molecule has 3 aromatic rings. The van der Waals surface area contributed by atoms with E-state index < -0.39 is 0 Å². The molecule has 0 atom stereocenters. The molecule has 5 rings (SSSR count). The van der Waals surface area contributed by atoms with Crippen LogP contribution in [0.5, 0.6) is 5.88 Å². The van der Waals surface area contributed by atoms with Crippen molar-refractivity contribution >= 4 is 22.3 Å². The van der Waals surface area contributed by atoms with E-state index in [1.54, 1.807) is 12.4 Å². The number of ether oxygens (including phenoxy) is 1. The summed E-state index contributed by atoms with van der Waals surface area (Å²) in [6.45, 7) is 0.572. The van der Waals surface area contributed by atoms with E-state index in [9.17, 15) is 0 Å². The van der Waals surface area contributed by atoms with Gasteiger partial charge in [0.25, 0.3) is 0 Å². The van der Waals surface area contributed by atoms with E-state index in [0.717, 1.165) is 52.4 Å². The zero-order valence-corrected chi connectivity index (χ0v) is 14.4. The second-order valence-corrected chi connectivity index (χ2v) is 6.72. The number of anilines is 1. The number of hydrogen-bond donors (Lipinski definition) is 1. The van der Waals surface area contributed by atoms with E-state index in [1.807, 2.05) is 18.3 Å². The average molecular weight is 345 g/mol. The van der Waals surface area contributed by atoms with Crippen LogP contribution in [0.15, 0.2) is 47.8 Å². The van der Waals surface area contributed by atoms with Crippen molar-refractivity contribution in [2.24, 2.45) is 4.99 Å². The van der Waals surface area contributed by atoms with Crippen LogP contribution in [-0.4, -0.2) is 26.9 Å². The Morgan fingerprint density at radius 3 is 2.77 bits per heavy atom. The van der Waals surface area contributed by atoms with Crippen molar-refractivity contribution in [1.29, 1.82) is 0 Å². The van der Waals surface area contributed by atoms with Crippen molar-refractivity contribution in [3.63, 3.8) is 0 Å². The lowest BCUT2D eigenvalue weighted by Gasteiger charge is -2.14. The first-order valence-corrected chi connectivity index (χ1v) is 9.04. The predicted octanol–water partition coefficient (Wildman–Crippen LogP) is 3.72. The van der Waals surface area contributed by atoms with Gasteiger partial charge in [-0.25, -0.2) is 9.97 Å². The fraction of sp³-hybridized carbons (Fsp3) is 0.300. The number of fused-ring (bicyclic) bond motifs is 2. The summed E-state index contributed by atoms with van der Waals surface area (Å²) >= 11 is 0. The monoisotopic (exact) mass is 345 g/mol. The summed E-state index contributed by atoms with van der Waals surface area (Å²) in [6.07, 6.45) is 10.2. The molecule has 2 aromatic heterocycles. The Kier molecular flexibility index (Phi) is 3.74. The molecule has 1 aliphatic heterocycles. The number of pyridine rings is 1. The van der Waals surface area contributed by atoms with Gasteiger partial charge in [0.15, 0.2) is 5.84 Å². The smallest absolute Gasteiger partial charge is 0.221 e. The zero-order valence-electron chi connectivity index (χ0n) is 14.4. The van der Waals surface area contributed by atoms with Gasteiger partial charge in [0.1, 0.15) is 11.8 Å². The molecule has 1 saturated carbocycles. The molecule has 26 heavy (non-hydrogen) atoms. The van der Waals surface area contributed by atoms with E-state index >= 15 is 0 Å². The van der Waals surface area contributed by atoms with Crippen LogP contribution in [0, 0.1) is 0 Å². The summed E-state index contributed by atoms with van der Waals surface area (Å²) in [4.78, 5) is 17.7. The van der Waals surface area contributed by atoms with Gasteiger partial charge in [0, 0.05) is 29.7 Å². The third-order valence-electron chi connectivity index (χ3n) is 4.96. The molecule has 3 heterocycles. The minimum Gasteiger partial charge on any atom is -0.474 e. The summed E-state index contributed by atoms with van der Waals surface area (Å²) in [5.74, 6) is 1.50. The van der Waals surface area contributed by atoms with Gasteiger partial charge < -0.3 is 10.1 Å². The van der Waals surface area contributed by atoms with Gasteiger partial charge in [-0.1, -0.05) is 0 Å². The molecule has 130 valence electrons. The highest BCUT2D eigenvalue weighted by Gasteiger charge is 2.20. The third-order valence-corrected chi connectivity index (χ3v) is 4.96. The Bertz CT molecular complexity index is 994. The molecular formula is C20H19N5O. The van der Waals surface area contributed by atoms with Crippen LogP contribution in [0.1, 0.15) is 37.1 Å². The largest absolute Gasteiger partial charge is 0.474 e. The van der Waals surface area contributed by atoms with Gasteiger partial charge in [0.05, 0.1) is 12.2 Å². The summed E-state index contributed by atoms with van der Waals surface area (Å²) in [6, 6.07) is 8.19. The van der Waals surface area contributed by atoms with Crippen LogP contribution in [0.2, 0.25) is 0 Å². The number of amidine groups is 1. The zero-order chi connectivity index (χ0) is 17.3. The number of aliphatic imine (C=N–C) groups is 1. The molecule has 0 unspecified atom stereocenters. The Morgan fingerprint density at radius 2 is 1.85 bits per heavy atom. The second-order valence-electron chi connectivity index (χ2n) is 6.72. The Balaban J connectivity index is 1.42. The van der Waals surface area contributed by atoms with E-state index in [1.165, 1.54) is 12.8 Å². The summed E-state index contributed by atoms with van der Waals surface area (Å²) in [5, 5.41) is 5.50. The lowest BCUT2D eigenvalue weighted by atomic mass is 10.1. The summed E-state index contributed by atoms with van der Waals surface area (Å²) in [7, 11) is 0. The number of nitrogens with zero attached hydrogens (tertiary/aromatic N) is 4. The normalized spacial score (nSPS) is 16.5. The Hall–Kier alpha value is -3.02. The van der Waals surface area contributed by atoms with Gasteiger partial charge in [-0.05, 0) is 55.3 Å². The first kappa shape index (κ1) is 15.3. The maximum atomic E-state index is 6.13. The molecule has 1 aromatic carbocycles. The number of rotatable bonds is 3. The first-order chi connectivity index (χ1) is 12.9. The van der Waals surface area contributed by atoms with Gasteiger partial charge in [-0.3, -0.25) is 9.98 Å². The molecule has 1 aliphatic carbocycles. The highest BCUT2D eigenvalue weighted by molar-refractivity contribution is 6.09. The summed E-state index contributed by atoms with van der Waals surface area (Å²) in [5.41, 5.74) is 2.70. The van der Waals surface area contributed by atoms with Crippen LogP contribution in [0.4, 0.5) is 5.69 Å². The van der Waals surface area contributed by atoms with E-state index in [4.69, 9.17) is 4.74 Å². The Morgan fingerprint density at radius 1 is 0.962 bits per heavy atom. The van der Waals surface area contributed by atoms with Gasteiger partial charge >= 0.3 is 0 Å². The average Bonchev–Trinajstić information content (AvgIpc) is 3.32. The van der Waals surface area contributed by atoms with Crippen LogP contribution >= 0.6 is 0 Å². The molecule has 0 saturated heterocycles. The van der Waals surface area contributed by atoms with Crippen molar-refractivity contribution in [3.8, 4) is 5.88 Å². The van der Waals surface area contributed by atoms with Gasteiger partial charge in [-0.15, -0.1) is 0 Å². The molecule has 0 spiro atoms. The van der Waals surface area contributed by atoms with Crippen molar-refractivity contribution in [2.75, 3.05) is 5.32 Å². The SMILES string of the molecule is c1cnc2c(n1)CN=C2Nc1ccc2c(OC3CCCC3)nccc2c1. The van der Waals surface area contributed by atoms with Gasteiger partial charge in [-0.2, -0.15) is 0 Å². The van der Waals surface area contributed by atoms with Crippen LogP contribution in [-0.2, 0) is 6.54 Å². The highest BCUT2D eigenvalue weighted by atomic mass is 16.5. The van der Waals surface area contributed by atoms with Gasteiger partial charge in [0.2, 0.25) is 5.88 Å². The molecule has 1 N–H and O–H groups in total. The quantitative estimate of drug-likeness (QED) is 0.783. The van der Waals surface area contributed by atoms with E-state index in [0.29, 0.717) is 12.6 Å².